The van der Waals surface area contributed by atoms with Gasteiger partial charge in [0.25, 0.3) is 5.89 Å². The summed E-state index contributed by atoms with van der Waals surface area (Å²) >= 11 is 1.40. The molecule has 3 rings (SSSR count). The van der Waals surface area contributed by atoms with E-state index in [0.29, 0.717) is 11.5 Å². The third-order valence-corrected chi connectivity index (χ3v) is 4.77. The second-order valence-electron chi connectivity index (χ2n) is 5.71. The number of carbonyl (C=O) groups is 1. The van der Waals surface area contributed by atoms with Crippen molar-refractivity contribution < 1.29 is 18.7 Å². The van der Waals surface area contributed by atoms with Crippen LogP contribution in [0.3, 0.4) is 0 Å². The molecule has 1 atom stereocenters. The molecule has 2 heterocycles. The molecule has 0 spiro atoms. The minimum absolute atomic E-state index is 0.199. The summed E-state index contributed by atoms with van der Waals surface area (Å²) in [5, 5.41) is 8.76. The van der Waals surface area contributed by atoms with Crippen LogP contribution in [0.4, 0.5) is 0 Å². The van der Waals surface area contributed by atoms with E-state index in [2.05, 4.69) is 10.4 Å². The molecule has 0 aliphatic heterocycles. The number of thiophene rings is 1. The van der Waals surface area contributed by atoms with Gasteiger partial charge in [-0.05, 0) is 36.6 Å². The standard InChI is InChI=1S/C18H19N3O5S/c1-11(13-9-12(24-2)6-7-14(13)25-3)19-16(22)10-21-18(23)26-17(20-21)15-5-4-8-27-15/h4-9,11H,10H2,1-3H3,(H,19,22)/t11-/m0/s1. The number of rotatable bonds is 7. The van der Waals surface area contributed by atoms with Crippen LogP contribution >= 0.6 is 11.3 Å². The average molecular weight is 389 g/mol. The molecular weight excluding hydrogens is 370 g/mol. The predicted molar refractivity (Wildman–Crippen MR) is 100 cm³/mol. The summed E-state index contributed by atoms with van der Waals surface area (Å²) < 4.78 is 16.7. The molecule has 0 saturated carbocycles. The fourth-order valence-corrected chi connectivity index (χ4v) is 3.23. The van der Waals surface area contributed by atoms with Gasteiger partial charge in [0, 0.05) is 5.56 Å². The molecule has 1 aromatic carbocycles. The predicted octanol–water partition coefficient (Wildman–Crippen LogP) is 2.46. The Balaban J connectivity index is 1.72. The highest BCUT2D eigenvalue weighted by Crippen LogP contribution is 2.29. The highest BCUT2D eigenvalue weighted by Gasteiger charge is 2.18. The van der Waals surface area contributed by atoms with Gasteiger partial charge in [-0.15, -0.1) is 16.4 Å². The number of hydrogen-bond donors (Lipinski definition) is 1. The smallest absolute Gasteiger partial charge is 0.437 e. The first-order chi connectivity index (χ1) is 13.0. The van der Waals surface area contributed by atoms with Gasteiger partial charge < -0.3 is 19.2 Å². The van der Waals surface area contributed by atoms with Gasteiger partial charge in [0.05, 0.1) is 25.1 Å². The maximum atomic E-state index is 12.4. The van der Waals surface area contributed by atoms with Crippen LogP contribution in [0.25, 0.3) is 10.8 Å². The molecule has 1 N–H and O–H groups in total. The van der Waals surface area contributed by atoms with Crippen LogP contribution in [0.1, 0.15) is 18.5 Å². The summed E-state index contributed by atoms with van der Waals surface area (Å²) in [6.07, 6.45) is 0. The van der Waals surface area contributed by atoms with E-state index in [4.69, 9.17) is 13.9 Å². The van der Waals surface area contributed by atoms with E-state index < -0.39 is 5.76 Å². The Morgan fingerprint density at radius 3 is 2.81 bits per heavy atom. The molecule has 1 amide bonds. The van der Waals surface area contributed by atoms with Gasteiger partial charge in [-0.3, -0.25) is 4.79 Å². The molecule has 8 nitrogen and oxygen atoms in total. The SMILES string of the molecule is COc1ccc(OC)c([C@H](C)NC(=O)Cn2nc(-c3cccs3)oc2=O)c1. The summed E-state index contributed by atoms with van der Waals surface area (Å²) in [6, 6.07) is 8.60. The Hall–Kier alpha value is -3.07. The van der Waals surface area contributed by atoms with Crippen LogP contribution in [0.2, 0.25) is 0 Å². The molecule has 0 aliphatic rings. The Morgan fingerprint density at radius 2 is 2.15 bits per heavy atom. The molecule has 0 fully saturated rings. The normalized spacial score (nSPS) is 11.8. The van der Waals surface area contributed by atoms with E-state index in [-0.39, 0.29) is 24.4 Å². The largest absolute Gasteiger partial charge is 0.497 e. The van der Waals surface area contributed by atoms with Gasteiger partial charge in [0.1, 0.15) is 18.0 Å². The van der Waals surface area contributed by atoms with Crippen LogP contribution in [-0.2, 0) is 11.3 Å². The van der Waals surface area contributed by atoms with Crippen molar-refractivity contribution >= 4 is 17.2 Å². The number of carbonyl (C=O) groups excluding carboxylic acids is 1. The van der Waals surface area contributed by atoms with E-state index in [1.165, 1.54) is 11.3 Å². The zero-order chi connectivity index (χ0) is 19.4. The zero-order valence-corrected chi connectivity index (χ0v) is 15.9. The molecule has 0 unspecified atom stereocenters. The van der Waals surface area contributed by atoms with Crippen molar-refractivity contribution in [1.29, 1.82) is 0 Å². The Kier molecular flexibility index (Phi) is 5.60. The van der Waals surface area contributed by atoms with Gasteiger partial charge in [-0.2, -0.15) is 4.68 Å². The van der Waals surface area contributed by atoms with Gasteiger partial charge in [0.15, 0.2) is 0 Å². The van der Waals surface area contributed by atoms with Crippen molar-refractivity contribution in [3.05, 3.63) is 51.8 Å². The minimum Gasteiger partial charge on any atom is -0.497 e. The van der Waals surface area contributed by atoms with Crippen molar-refractivity contribution in [3.8, 4) is 22.3 Å². The number of benzene rings is 1. The summed E-state index contributed by atoms with van der Waals surface area (Å²) in [6.45, 7) is 1.57. The number of amides is 1. The van der Waals surface area contributed by atoms with Gasteiger partial charge in [-0.25, -0.2) is 4.79 Å². The van der Waals surface area contributed by atoms with Crippen LogP contribution in [0.15, 0.2) is 44.9 Å². The quantitative estimate of drug-likeness (QED) is 0.667. The third kappa shape index (κ3) is 4.20. The number of hydrogen-bond acceptors (Lipinski definition) is 7. The molecule has 3 aromatic rings. The summed E-state index contributed by atoms with van der Waals surface area (Å²) in [5.41, 5.74) is 0.761. The lowest BCUT2D eigenvalue weighted by Gasteiger charge is -2.18. The molecular formula is C18H19N3O5S. The molecule has 0 aliphatic carbocycles. The van der Waals surface area contributed by atoms with Crippen molar-refractivity contribution in [1.82, 2.24) is 15.1 Å². The maximum Gasteiger partial charge on any atom is 0.437 e. The number of methoxy groups -OCH3 is 2. The topological polar surface area (TPSA) is 95.6 Å². The van der Waals surface area contributed by atoms with E-state index >= 15 is 0 Å². The van der Waals surface area contributed by atoms with E-state index in [0.717, 1.165) is 15.1 Å². The van der Waals surface area contributed by atoms with Crippen LogP contribution in [0, 0.1) is 0 Å². The lowest BCUT2D eigenvalue weighted by atomic mass is 10.1. The first-order valence-corrected chi connectivity index (χ1v) is 9.03. The second-order valence-corrected chi connectivity index (χ2v) is 6.65. The lowest BCUT2D eigenvalue weighted by Crippen LogP contribution is -2.33. The molecule has 0 radical (unpaired) electrons. The van der Waals surface area contributed by atoms with Crippen molar-refractivity contribution in [2.75, 3.05) is 14.2 Å². The van der Waals surface area contributed by atoms with E-state index in [1.807, 2.05) is 18.4 Å². The van der Waals surface area contributed by atoms with Crippen LogP contribution < -0.4 is 20.5 Å². The third-order valence-electron chi connectivity index (χ3n) is 3.91. The monoisotopic (exact) mass is 389 g/mol. The summed E-state index contributed by atoms with van der Waals surface area (Å²) in [5.74, 6) is 0.424. The summed E-state index contributed by atoms with van der Waals surface area (Å²) in [4.78, 5) is 25.0. The lowest BCUT2D eigenvalue weighted by molar-refractivity contribution is -0.122. The van der Waals surface area contributed by atoms with E-state index in [1.54, 1.807) is 38.5 Å². The Bertz CT molecular complexity index is 977. The minimum atomic E-state index is -0.680. The summed E-state index contributed by atoms with van der Waals surface area (Å²) in [7, 11) is 3.12. The fraction of sp³-hybridized carbons (Fsp3) is 0.278. The van der Waals surface area contributed by atoms with Crippen molar-refractivity contribution in [2.24, 2.45) is 0 Å². The molecule has 27 heavy (non-hydrogen) atoms. The van der Waals surface area contributed by atoms with Crippen molar-refractivity contribution in [2.45, 2.75) is 19.5 Å². The van der Waals surface area contributed by atoms with Crippen LogP contribution in [-0.4, -0.2) is 29.9 Å². The molecule has 0 saturated heterocycles. The number of aromatic nitrogens is 2. The number of nitrogens with zero attached hydrogens (tertiary/aromatic N) is 2. The van der Waals surface area contributed by atoms with Gasteiger partial charge in [0.2, 0.25) is 5.91 Å². The van der Waals surface area contributed by atoms with Crippen molar-refractivity contribution in [3.63, 3.8) is 0 Å². The van der Waals surface area contributed by atoms with Gasteiger partial charge in [-0.1, -0.05) is 6.07 Å². The van der Waals surface area contributed by atoms with Crippen LogP contribution in [0.5, 0.6) is 11.5 Å². The second kappa shape index (κ2) is 8.09. The first-order valence-electron chi connectivity index (χ1n) is 8.15. The molecule has 9 heteroatoms. The Morgan fingerprint density at radius 1 is 1.33 bits per heavy atom. The number of nitrogens with one attached hydrogen (secondary N) is 1. The number of ether oxygens (including phenoxy) is 2. The van der Waals surface area contributed by atoms with E-state index in [9.17, 15) is 9.59 Å². The maximum absolute atomic E-state index is 12.4. The average Bonchev–Trinajstić information content (AvgIpc) is 3.31. The molecule has 0 bridgehead atoms. The van der Waals surface area contributed by atoms with Gasteiger partial charge >= 0.3 is 5.76 Å². The zero-order valence-electron chi connectivity index (χ0n) is 15.1. The molecule has 2 aromatic heterocycles. The highest BCUT2D eigenvalue weighted by molar-refractivity contribution is 7.13. The fourth-order valence-electron chi connectivity index (χ4n) is 2.58. The highest BCUT2D eigenvalue weighted by atomic mass is 32.1. The Labute approximate surface area is 159 Å². The first kappa shape index (κ1) is 18.7. The molecule has 142 valence electrons.